The first-order chi connectivity index (χ1) is 16.6. The van der Waals surface area contributed by atoms with Crippen LogP contribution >= 0.6 is 0 Å². The number of ether oxygens (including phenoxy) is 2. The van der Waals surface area contributed by atoms with E-state index < -0.39 is 17.2 Å². The zero-order chi connectivity index (χ0) is 27.3. The van der Waals surface area contributed by atoms with Crippen LogP contribution in [0.15, 0.2) is 36.4 Å². The second-order valence-corrected chi connectivity index (χ2v) is 11.1. The molecule has 7 nitrogen and oxygen atoms in total. The highest BCUT2D eigenvalue weighted by Gasteiger charge is 2.35. The fraction of sp³-hybridized carbons (Fsp3) is 0.517. The number of hydrogen-bond acceptors (Lipinski definition) is 6. The molecule has 198 valence electrons. The van der Waals surface area contributed by atoms with Crippen LogP contribution < -0.4 is 4.74 Å². The number of aryl methyl sites for hydroxylation is 2. The topological polar surface area (TPSA) is 79.3 Å². The minimum absolute atomic E-state index is 0.0354. The average Bonchev–Trinajstić information content (AvgIpc) is 2.74. The van der Waals surface area contributed by atoms with E-state index in [1.54, 1.807) is 45.0 Å². The predicted molar refractivity (Wildman–Crippen MR) is 142 cm³/mol. The fourth-order valence-electron chi connectivity index (χ4n) is 3.74. The largest absolute Gasteiger partial charge is 0.508 e. The Bertz CT molecular complexity index is 1030. The molecular weight excluding hydrogens is 456 g/mol. The number of phenols is 1. The summed E-state index contributed by atoms with van der Waals surface area (Å²) in [7, 11) is 3.51. The van der Waals surface area contributed by atoms with E-state index in [0.29, 0.717) is 25.4 Å². The molecule has 0 aromatic heterocycles. The van der Waals surface area contributed by atoms with Crippen molar-refractivity contribution in [2.24, 2.45) is 0 Å². The number of carbonyl (C=O) groups excluding carboxylic acids is 2. The molecule has 0 bridgehead atoms. The van der Waals surface area contributed by atoms with Crippen LogP contribution in [0.5, 0.6) is 11.5 Å². The van der Waals surface area contributed by atoms with Crippen LogP contribution in [0, 0.1) is 13.8 Å². The van der Waals surface area contributed by atoms with Gasteiger partial charge < -0.3 is 19.5 Å². The number of esters is 1. The number of benzene rings is 2. The van der Waals surface area contributed by atoms with Gasteiger partial charge in [-0.25, -0.2) is 4.79 Å². The lowest BCUT2D eigenvalue weighted by Gasteiger charge is -2.30. The van der Waals surface area contributed by atoms with E-state index in [1.807, 2.05) is 58.9 Å². The number of nitrogens with zero attached hydrogens (tertiary/aromatic N) is 2. The van der Waals surface area contributed by atoms with Gasteiger partial charge in [-0.1, -0.05) is 24.3 Å². The maximum absolute atomic E-state index is 12.7. The first-order valence-electron chi connectivity index (χ1n) is 12.3. The second-order valence-electron chi connectivity index (χ2n) is 11.1. The molecular formula is C29H42N2O5. The molecule has 2 rings (SSSR count). The van der Waals surface area contributed by atoms with Gasteiger partial charge in [-0.2, -0.15) is 0 Å². The van der Waals surface area contributed by atoms with Gasteiger partial charge >= 0.3 is 5.97 Å². The van der Waals surface area contributed by atoms with Crippen LogP contribution in [0.4, 0.5) is 0 Å². The van der Waals surface area contributed by atoms with Crippen LogP contribution in [-0.2, 0) is 27.3 Å². The third-order valence-electron chi connectivity index (χ3n) is 5.68. The van der Waals surface area contributed by atoms with Crippen molar-refractivity contribution < 1.29 is 24.2 Å². The van der Waals surface area contributed by atoms with Crippen molar-refractivity contribution in [2.45, 2.75) is 72.6 Å². The van der Waals surface area contributed by atoms with Crippen LogP contribution in [0.3, 0.4) is 0 Å². The molecule has 1 amide bonds. The smallest absolute Gasteiger partial charge is 0.350 e. The maximum atomic E-state index is 12.7. The summed E-state index contributed by atoms with van der Waals surface area (Å²) < 4.78 is 11.7. The number of phenolic OH excluding ortho intramolecular Hbond substituents is 1. The van der Waals surface area contributed by atoms with Crippen LogP contribution in [-0.4, -0.2) is 65.2 Å². The Balaban J connectivity index is 2.20. The van der Waals surface area contributed by atoms with Crippen molar-refractivity contribution in [2.75, 3.05) is 27.2 Å². The Morgan fingerprint density at radius 1 is 0.917 bits per heavy atom. The zero-order valence-corrected chi connectivity index (χ0v) is 23.3. The van der Waals surface area contributed by atoms with Gasteiger partial charge in [0.1, 0.15) is 17.1 Å². The van der Waals surface area contributed by atoms with E-state index >= 15 is 0 Å². The normalized spacial score (nSPS) is 11.9. The second kappa shape index (κ2) is 11.8. The lowest BCUT2D eigenvalue weighted by Crippen LogP contribution is -2.43. The van der Waals surface area contributed by atoms with Crippen molar-refractivity contribution in [3.63, 3.8) is 0 Å². The van der Waals surface area contributed by atoms with Crippen molar-refractivity contribution >= 4 is 11.9 Å². The minimum atomic E-state index is -1.14. The number of likely N-dealkylation sites (N-methyl/N-ethyl adjacent to an activating group) is 1. The minimum Gasteiger partial charge on any atom is -0.508 e. The Kier molecular flexibility index (Phi) is 9.55. The third-order valence-corrected chi connectivity index (χ3v) is 5.68. The van der Waals surface area contributed by atoms with Crippen LogP contribution in [0.1, 0.15) is 56.9 Å². The van der Waals surface area contributed by atoms with Crippen molar-refractivity contribution in [1.82, 2.24) is 9.80 Å². The molecule has 36 heavy (non-hydrogen) atoms. The summed E-state index contributed by atoms with van der Waals surface area (Å²) in [5.41, 5.74) is 2.25. The summed E-state index contributed by atoms with van der Waals surface area (Å²) in [4.78, 5) is 28.9. The molecule has 0 aliphatic heterocycles. The molecule has 2 aromatic rings. The Hall–Kier alpha value is -3.06. The number of aromatic hydroxyl groups is 1. The Labute approximate surface area is 216 Å². The van der Waals surface area contributed by atoms with Gasteiger partial charge in [0.2, 0.25) is 5.91 Å². The van der Waals surface area contributed by atoms with Gasteiger partial charge in [0.05, 0.1) is 6.54 Å². The van der Waals surface area contributed by atoms with Crippen molar-refractivity contribution in [3.8, 4) is 11.5 Å². The first kappa shape index (κ1) is 29.2. The quantitative estimate of drug-likeness (QED) is 0.481. The van der Waals surface area contributed by atoms with Crippen molar-refractivity contribution in [3.05, 3.63) is 58.7 Å². The van der Waals surface area contributed by atoms with Gasteiger partial charge in [0.25, 0.3) is 0 Å². The lowest BCUT2D eigenvalue weighted by molar-refractivity contribution is -0.171. The van der Waals surface area contributed by atoms with Gasteiger partial charge in [0, 0.05) is 27.2 Å². The summed E-state index contributed by atoms with van der Waals surface area (Å²) in [5.74, 6) is 0.518. The molecule has 0 fully saturated rings. The van der Waals surface area contributed by atoms with E-state index in [9.17, 15) is 14.7 Å². The monoisotopic (exact) mass is 498 g/mol. The lowest BCUT2D eigenvalue weighted by atomic mass is 10.0. The number of rotatable bonds is 10. The first-order valence-corrected chi connectivity index (χ1v) is 12.3. The average molecular weight is 499 g/mol. The number of carbonyl (C=O) groups is 2. The predicted octanol–water partition coefficient (Wildman–Crippen LogP) is 4.64. The molecule has 0 aliphatic carbocycles. The highest BCUT2D eigenvalue weighted by atomic mass is 16.6. The molecule has 0 saturated heterocycles. The van der Waals surface area contributed by atoms with E-state index in [0.717, 1.165) is 28.7 Å². The van der Waals surface area contributed by atoms with Gasteiger partial charge in [-0.3, -0.25) is 9.69 Å². The molecule has 1 N–H and O–H groups in total. The highest BCUT2D eigenvalue weighted by molar-refractivity contribution is 5.79. The molecule has 0 aliphatic rings. The van der Waals surface area contributed by atoms with E-state index in [4.69, 9.17) is 9.47 Å². The molecule has 0 atom stereocenters. The summed E-state index contributed by atoms with van der Waals surface area (Å²) in [6.07, 6.45) is 0.754. The number of amides is 1. The SMILES string of the molecule is Cc1cc(CN(CCc2ccc(O)cc2)CC(=O)N(C)C)cc(C)c1OC(C)(C)C(=O)OC(C)(C)C. The Morgan fingerprint density at radius 2 is 1.47 bits per heavy atom. The van der Waals surface area contributed by atoms with Crippen LogP contribution in [0.25, 0.3) is 0 Å². The van der Waals surface area contributed by atoms with Gasteiger partial charge in [-0.05, 0) is 89.3 Å². The third kappa shape index (κ3) is 8.86. The van der Waals surface area contributed by atoms with Gasteiger partial charge in [-0.15, -0.1) is 0 Å². The maximum Gasteiger partial charge on any atom is 0.350 e. The molecule has 0 heterocycles. The molecule has 0 saturated carbocycles. The molecule has 0 radical (unpaired) electrons. The molecule has 2 aromatic carbocycles. The fourth-order valence-corrected chi connectivity index (χ4v) is 3.74. The molecule has 0 unspecified atom stereocenters. The molecule has 0 spiro atoms. The van der Waals surface area contributed by atoms with E-state index in [-0.39, 0.29) is 11.7 Å². The number of hydrogen-bond donors (Lipinski definition) is 1. The van der Waals surface area contributed by atoms with E-state index in [1.165, 1.54) is 0 Å². The summed E-state index contributed by atoms with van der Waals surface area (Å²) in [6, 6.07) is 11.2. The molecule has 7 heteroatoms. The highest BCUT2D eigenvalue weighted by Crippen LogP contribution is 2.30. The standard InChI is InChI=1S/C29H42N2O5/c1-20-16-23(17-21(2)26(20)35-29(6,7)27(34)36-28(3,4)5)18-31(19-25(33)30(8)9)15-14-22-10-12-24(32)13-11-22/h10-13,16-17,32H,14-15,18-19H2,1-9H3. The van der Waals surface area contributed by atoms with E-state index in [2.05, 4.69) is 4.90 Å². The van der Waals surface area contributed by atoms with Crippen LogP contribution in [0.2, 0.25) is 0 Å². The Morgan fingerprint density at radius 3 is 1.97 bits per heavy atom. The summed E-state index contributed by atoms with van der Waals surface area (Å²) in [5, 5.41) is 9.54. The summed E-state index contributed by atoms with van der Waals surface area (Å²) >= 11 is 0. The van der Waals surface area contributed by atoms with Crippen molar-refractivity contribution in [1.29, 1.82) is 0 Å². The van der Waals surface area contributed by atoms with Gasteiger partial charge in [0.15, 0.2) is 5.60 Å². The zero-order valence-electron chi connectivity index (χ0n) is 23.3. The summed E-state index contributed by atoms with van der Waals surface area (Å²) in [6.45, 7) is 14.4.